The van der Waals surface area contributed by atoms with E-state index in [1.807, 2.05) is 31.2 Å². The fourth-order valence-electron chi connectivity index (χ4n) is 2.98. The number of likely N-dealkylation sites (N-methyl/N-ethyl adjacent to an activating group) is 1. The molecule has 1 heterocycles. The van der Waals surface area contributed by atoms with E-state index in [9.17, 15) is 9.90 Å². The summed E-state index contributed by atoms with van der Waals surface area (Å²) in [5.74, 6) is -0.155. The molecule has 0 radical (unpaired) electrons. The van der Waals surface area contributed by atoms with Crippen LogP contribution in [0.25, 0.3) is 0 Å². The molecule has 1 aliphatic heterocycles. The van der Waals surface area contributed by atoms with E-state index in [1.54, 1.807) is 0 Å². The molecule has 116 valence electrons. The van der Waals surface area contributed by atoms with E-state index in [0.29, 0.717) is 12.4 Å². The minimum absolute atomic E-state index is 0.194. The zero-order valence-electron chi connectivity index (χ0n) is 13.0. The molecule has 0 bridgehead atoms. The quantitative estimate of drug-likeness (QED) is 0.897. The third-order valence-corrected chi connectivity index (χ3v) is 3.96. The number of para-hydroxylation sites is 1. The number of rotatable bonds is 5. The number of hydrogen-bond donors (Lipinski definition) is 1. The molecule has 1 N–H and O–H groups in total. The van der Waals surface area contributed by atoms with E-state index in [-0.39, 0.29) is 6.04 Å². The van der Waals surface area contributed by atoms with Gasteiger partial charge in [0.05, 0.1) is 6.61 Å². The molecule has 21 heavy (non-hydrogen) atoms. The standard InChI is InChI=1S/C16H24N2O3/c1-4-21-14-8-6-5-7-13(14)15(16(19)20)18-10-9-17(3)11-12(18)2/h5-8,12,15H,4,9-11H2,1-3H3,(H,19,20). The van der Waals surface area contributed by atoms with Crippen molar-refractivity contribution in [2.24, 2.45) is 0 Å². The number of ether oxygens (including phenoxy) is 1. The van der Waals surface area contributed by atoms with Crippen molar-refractivity contribution in [3.05, 3.63) is 29.8 Å². The first-order chi connectivity index (χ1) is 10.0. The van der Waals surface area contributed by atoms with Crippen LogP contribution in [-0.4, -0.2) is 60.2 Å². The summed E-state index contributed by atoms with van der Waals surface area (Å²) in [5.41, 5.74) is 0.739. The Morgan fingerprint density at radius 1 is 1.43 bits per heavy atom. The second-order valence-corrected chi connectivity index (χ2v) is 5.56. The van der Waals surface area contributed by atoms with Crippen LogP contribution >= 0.6 is 0 Å². The Labute approximate surface area is 126 Å². The zero-order valence-corrected chi connectivity index (χ0v) is 13.0. The molecule has 5 heteroatoms. The molecule has 2 atom stereocenters. The van der Waals surface area contributed by atoms with E-state index in [2.05, 4.69) is 23.8 Å². The molecular formula is C16H24N2O3. The predicted octanol–water partition coefficient (Wildman–Crippen LogP) is 1.85. The Morgan fingerprint density at radius 3 is 2.76 bits per heavy atom. The molecule has 0 spiro atoms. The van der Waals surface area contributed by atoms with Gasteiger partial charge in [-0.15, -0.1) is 0 Å². The van der Waals surface area contributed by atoms with Crippen molar-refractivity contribution < 1.29 is 14.6 Å². The summed E-state index contributed by atoms with van der Waals surface area (Å²) in [6.45, 7) is 7.02. The molecule has 1 saturated heterocycles. The average Bonchev–Trinajstić information content (AvgIpc) is 2.43. The third kappa shape index (κ3) is 3.54. The summed E-state index contributed by atoms with van der Waals surface area (Å²) in [4.78, 5) is 16.2. The van der Waals surface area contributed by atoms with Gasteiger partial charge < -0.3 is 14.7 Å². The molecule has 0 saturated carbocycles. The minimum atomic E-state index is -0.821. The molecule has 1 fully saturated rings. The summed E-state index contributed by atoms with van der Waals surface area (Å²) in [6, 6.07) is 6.98. The topological polar surface area (TPSA) is 53.0 Å². The van der Waals surface area contributed by atoms with Crippen molar-refractivity contribution in [2.45, 2.75) is 25.9 Å². The van der Waals surface area contributed by atoms with Crippen LogP contribution in [0.1, 0.15) is 25.5 Å². The van der Waals surface area contributed by atoms with E-state index in [4.69, 9.17) is 4.74 Å². The Morgan fingerprint density at radius 2 is 2.14 bits per heavy atom. The van der Waals surface area contributed by atoms with Crippen molar-refractivity contribution in [1.29, 1.82) is 0 Å². The number of nitrogens with zero attached hydrogens (tertiary/aromatic N) is 2. The van der Waals surface area contributed by atoms with Crippen LogP contribution in [0, 0.1) is 0 Å². The van der Waals surface area contributed by atoms with E-state index >= 15 is 0 Å². The van der Waals surface area contributed by atoms with Crippen molar-refractivity contribution >= 4 is 5.97 Å². The molecule has 0 amide bonds. The molecule has 0 aromatic heterocycles. The monoisotopic (exact) mass is 292 g/mol. The van der Waals surface area contributed by atoms with Gasteiger partial charge in [-0.25, -0.2) is 0 Å². The molecule has 1 aromatic rings. The van der Waals surface area contributed by atoms with E-state index < -0.39 is 12.0 Å². The normalized spacial score (nSPS) is 22.0. The van der Waals surface area contributed by atoms with Crippen molar-refractivity contribution in [1.82, 2.24) is 9.80 Å². The van der Waals surface area contributed by atoms with Crippen LogP contribution in [0.15, 0.2) is 24.3 Å². The maximum Gasteiger partial charge on any atom is 0.325 e. The lowest BCUT2D eigenvalue weighted by Crippen LogP contribution is -2.53. The number of carbonyl (C=O) groups is 1. The highest BCUT2D eigenvalue weighted by atomic mass is 16.5. The Hall–Kier alpha value is -1.59. The predicted molar refractivity (Wildman–Crippen MR) is 81.7 cm³/mol. The highest BCUT2D eigenvalue weighted by molar-refractivity contribution is 5.76. The number of benzene rings is 1. The van der Waals surface area contributed by atoms with Crippen molar-refractivity contribution in [3.8, 4) is 5.75 Å². The number of carboxylic acid groups (broad SMARTS) is 1. The molecular weight excluding hydrogens is 268 g/mol. The smallest absolute Gasteiger partial charge is 0.325 e. The molecule has 1 aromatic carbocycles. The summed E-state index contributed by atoms with van der Waals surface area (Å²) >= 11 is 0. The molecule has 1 aliphatic rings. The first kappa shape index (κ1) is 15.8. The highest BCUT2D eigenvalue weighted by Crippen LogP contribution is 2.32. The first-order valence-corrected chi connectivity index (χ1v) is 7.43. The van der Waals surface area contributed by atoms with Gasteiger partial charge in [0.15, 0.2) is 0 Å². The molecule has 2 unspecified atom stereocenters. The second kappa shape index (κ2) is 6.91. The van der Waals surface area contributed by atoms with E-state index in [0.717, 1.165) is 25.2 Å². The second-order valence-electron chi connectivity index (χ2n) is 5.56. The van der Waals surface area contributed by atoms with Gasteiger partial charge >= 0.3 is 5.97 Å². The lowest BCUT2D eigenvalue weighted by Gasteiger charge is -2.41. The average molecular weight is 292 g/mol. The van der Waals surface area contributed by atoms with Gasteiger partial charge in [0.1, 0.15) is 11.8 Å². The van der Waals surface area contributed by atoms with Crippen LogP contribution in [0.4, 0.5) is 0 Å². The van der Waals surface area contributed by atoms with Gasteiger partial charge in [-0.05, 0) is 27.0 Å². The van der Waals surface area contributed by atoms with Gasteiger partial charge in [0.25, 0.3) is 0 Å². The van der Waals surface area contributed by atoms with Crippen LogP contribution in [0.3, 0.4) is 0 Å². The minimum Gasteiger partial charge on any atom is -0.494 e. The highest BCUT2D eigenvalue weighted by Gasteiger charge is 2.35. The van der Waals surface area contributed by atoms with Gasteiger partial charge in [0.2, 0.25) is 0 Å². The maximum absolute atomic E-state index is 11.9. The van der Waals surface area contributed by atoms with Gasteiger partial charge in [0, 0.05) is 31.2 Å². The molecule has 2 rings (SSSR count). The van der Waals surface area contributed by atoms with E-state index in [1.165, 1.54) is 0 Å². The van der Waals surface area contributed by atoms with Gasteiger partial charge in [-0.3, -0.25) is 9.69 Å². The Kier molecular flexibility index (Phi) is 5.20. The van der Waals surface area contributed by atoms with Gasteiger partial charge in [-0.1, -0.05) is 18.2 Å². The Balaban J connectivity index is 2.33. The van der Waals surface area contributed by atoms with Crippen LogP contribution in [-0.2, 0) is 4.79 Å². The number of piperazine rings is 1. The molecule has 5 nitrogen and oxygen atoms in total. The fraction of sp³-hybridized carbons (Fsp3) is 0.562. The van der Waals surface area contributed by atoms with Crippen LogP contribution in [0.5, 0.6) is 5.75 Å². The number of carboxylic acids is 1. The number of aliphatic carboxylic acids is 1. The summed E-state index contributed by atoms with van der Waals surface area (Å²) < 4.78 is 5.61. The Bertz CT molecular complexity index is 492. The van der Waals surface area contributed by atoms with Crippen molar-refractivity contribution in [2.75, 3.05) is 33.3 Å². The molecule has 0 aliphatic carbocycles. The SMILES string of the molecule is CCOc1ccccc1C(C(=O)O)N1CCN(C)CC1C. The first-order valence-electron chi connectivity index (χ1n) is 7.43. The van der Waals surface area contributed by atoms with Crippen molar-refractivity contribution in [3.63, 3.8) is 0 Å². The zero-order chi connectivity index (χ0) is 15.4. The van der Waals surface area contributed by atoms with Crippen LogP contribution < -0.4 is 4.74 Å². The summed E-state index contributed by atoms with van der Waals surface area (Å²) in [7, 11) is 2.07. The van der Waals surface area contributed by atoms with Crippen LogP contribution in [0.2, 0.25) is 0 Å². The summed E-state index contributed by atoms with van der Waals surface area (Å²) in [5, 5.41) is 9.74. The maximum atomic E-state index is 11.9. The lowest BCUT2D eigenvalue weighted by molar-refractivity contribution is -0.145. The fourth-order valence-corrected chi connectivity index (χ4v) is 2.98. The number of hydrogen-bond acceptors (Lipinski definition) is 4. The third-order valence-electron chi connectivity index (χ3n) is 3.96. The van der Waals surface area contributed by atoms with Gasteiger partial charge in [-0.2, -0.15) is 0 Å². The largest absolute Gasteiger partial charge is 0.494 e. The summed E-state index contributed by atoms with van der Waals surface area (Å²) in [6.07, 6.45) is 0. The lowest BCUT2D eigenvalue weighted by atomic mass is 10.0.